The third-order valence-corrected chi connectivity index (χ3v) is 9.14. The maximum atomic E-state index is 14.1. The van der Waals surface area contributed by atoms with Crippen LogP contribution in [0.4, 0.5) is 26.3 Å². The SMILES string of the molecule is FC(F)(F)c1ccc2c(C#Cc3c4ccccc4c(-c4ccccc4)c4cc(C(F)(F)F)ccc34)c3ccccc3c(-c3ccccc3)c2c1. The molecule has 0 atom stereocenters. The predicted octanol–water partition coefficient (Wildman–Crippen LogP) is 13.1. The third-order valence-electron chi connectivity index (χ3n) is 9.14. The monoisotopic (exact) mass is 666 g/mol. The fourth-order valence-corrected chi connectivity index (χ4v) is 6.94. The molecule has 0 saturated heterocycles. The van der Waals surface area contributed by atoms with Crippen LogP contribution >= 0.6 is 0 Å². The van der Waals surface area contributed by atoms with Crippen molar-refractivity contribution in [1.82, 2.24) is 0 Å². The van der Waals surface area contributed by atoms with Crippen LogP contribution in [-0.2, 0) is 12.4 Å². The van der Waals surface area contributed by atoms with Gasteiger partial charge in [-0.05, 0) is 89.6 Å². The molecule has 0 amide bonds. The zero-order valence-electron chi connectivity index (χ0n) is 26.1. The number of rotatable bonds is 2. The Bertz CT molecular complexity index is 2470. The third kappa shape index (κ3) is 5.32. The summed E-state index contributed by atoms with van der Waals surface area (Å²) in [5, 5.41) is 4.85. The number of benzene rings is 8. The lowest BCUT2D eigenvalue weighted by atomic mass is 9.86. The van der Waals surface area contributed by atoms with Gasteiger partial charge in [-0.15, -0.1) is 0 Å². The highest BCUT2D eigenvalue weighted by Gasteiger charge is 2.32. The van der Waals surface area contributed by atoms with Crippen molar-refractivity contribution in [2.75, 3.05) is 0 Å². The summed E-state index contributed by atoms with van der Waals surface area (Å²) in [5.74, 6) is 6.64. The molecule has 242 valence electrons. The molecule has 50 heavy (non-hydrogen) atoms. The molecule has 0 heterocycles. The molecule has 0 aromatic heterocycles. The quantitative estimate of drug-likeness (QED) is 0.0979. The second-order valence-corrected chi connectivity index (χ2v) is 12.1. The van der Waals surface area contributed by atoms with Crippen LogP contribution in [0.3, 0.4) is 0 Å². The highest BCUT2D eigenvalue weighted by Crippen LogP contribution is 2.44. The van der Waals surface area contributed by atoms with Gasteiger partial charge in [-0.1, -0.05) is 133 Å². The van der Waals surface area contributed by atoms with Gasteiger partial charge in [-0.25, -0.2) is 0 Å². The van der Waals surface area contributed by atoms with Crippen molar-refractivity contribution < 1.29 is 26.3 Å². The van der Waals surface area contributed by atoms with Gasteiger partial charge >= 0.3 is 12.4 Å². The Hall–Kier alpha value is -6.06. The van der Waals surface area contributed by atoms with E-state index in [2.05, 4.69) is 11.8 Å². The summed E-state index contributed by atoms with van der Waals surface area (Å²) in [7, 11) is 0. The van der Waals surface area contributed by atoms with Crippen molar-refractivity contribution in [3.8, 4) is 34.1 Å². The standard InChI is InChI=1S/C44H24F6/c45-43(46,47)29-19-21-35-33(31-15-7-9-17-37(31)41(39(35)25-29)27-11-3-1-4-12-27)23-24-34-32-16-8-10-18-38(32)42(28-13-5-2-6-14-28)40-26-30(44(48,49)50)20-22-36(34)40/h1-22,25-26H. The molecule has 6 heteroatoms. The van der Waals surface area contributed by atoms with Gasteiger partial charge in [0.2, 0.25) is 0 Å². The minimum Gasteiger partial charge on any atom is -0.166 e. The van der Waals surface area contributed by atoms with Crippen molar-refractivity contribution in [2.45, 2.75) is 12.4 Å². The van der Waals surface area contributed by atoms with E-state index in [-0.39, 0.29) is 0 Å². The molecular weight excluding hydrogens is 642 g/mol. The van der Waals surface area contributed by atoms with Crippen LogP contribution in [0.5, 0.6) is 0 Å². The van der Waals surface area contributed by atoms with E-state index in [1.165, 1.54) is 24.3 Å². The van der Waals surface area contributed by atoms with Crippen LogP contribution in [0, 0.1) is 11.8 Å². The Morgan fingerprint density at radius 2 is 0.640 bits per heavy atom. The van der Waals surface area contributed by atoms with Gasteiger partial charge in [0.05, 0.1) is 11.1 Å². The van der Waals surface area contributed by atoms with Gasteiger partial charge in [0.1, 0.15) is 0 Å². The molecule has 0 N–H and O–H groups in total. The fourth-order valence-electron chi connectivity index (χ4n) is 6.94. The van der Waals surface area contributed by atoms with Crippen LogP contribution in [-0.4, -0.2) is 0 Å². The topological polar surface area (TPSA) is 0 Å². The van der Waals surface area contributed by atoms with Crippen LogP contribution in [0.1, 0.15) is 22.3 Å². The summed E-state index contributed by atoms with van der Waals surface area (Å²) in [5.41, 5.74) is 2.37. The molecule has 0 nitrogen and oxygen atoms in total. The Labute approximate surface area is 283 Å². The first-order valence-electron chi connectivity index (χ1n) is 15.8. The molecule has 0 fully saturated rings. The number of alkyl halides is 6. The summed E-state index contributed by atoms with van der Waals surface area (Å²) in [6, 6.07) is 40.9. The highest BCUT2D eigenvalue weighted by molar-refractivity contribution is 6.18. The first-order valence-corrected chi connectivity index (χ1v) is 15.8. The normalized spacial score (nSPS) is 12.0. The maximum absolute atomic E-state index is 14.1. The summed E-state index contributed by atoms with van der Waals surface area (Å²) < 4.78 is 84.5. The minimum absolute atomic E-state index is 0.401. The van der Waals surface area contributed by atoms with E-state index in [0.717, 1.165) is 44.8 Å². The lowest BCUT2D eigenvalue weighted by Crippen LogP contribution is -2.05. The lowest BCUT2D eigenvalue weighted by molar-refractivity contribution is -0.138. The summed E-state index contributed by atoms with van der Waals surface area (Å²) in [6.07, 6.45) is -9.12. The van der Waals surface area contributed by atoms with E-state index in [1.807, 2.05) is 109 Å². The smallest absolute Gasteiger partial charge is 0.166 e. The molecule has 0 saturated carbocycles. The first kappa shape index (κ1) is 31.2. The van der Waals surface area contributed by atoms with Crippen LogP contribution < -0.4 is 0 Å². The van der Waals surface area contributed by atoms with Crippen molar-refractivity contribution in [3.05, 3.63) is 168 Å². The van der Waals surface area contributed by atoms with Gasteiger partial charge in [0.25, 0.3) is 0 Å². The Morgan fingerprint density at radius 1 is 0.320 bits per heavy atom. The minimum atomic E-state index is -4.56. The number of hydrogen-bond acceptors (Lipinski definition) is 0. The van der Waals surface area contributed by atoms with Crippen molar-refractivity contribution in [1.29, 1.82) is 0 Å². The highest BCUT2D eigenvalue weighted by atomic mass is 19.4. The second-order valence-electron chi connectivity index (χ2n) is 12.1. The van der Waals surface area contributed by atoms with E-state index in [0.29, 0.717) is 43.8 Å². The largest absolute Gasteiger partial charge is 0.416 e. The molecule has 8 aromatic rings. The van der Waals surface area contributed by atoms with Gasteiger partial charge < -0.3 is 0 Å². The molecule has 0 unspecified atom stereocenters. The average Bonchev–Trinajstić information content (AvgIpc) is 3.12. The van der Waals surface area contributed by atoms with Gasteiger partial charge in [-0.3, -0.25) is 0 Å². The van der Waals surface area contributed by atoms with Crippen LogP contribution in [0.2, 0.25) is 0 Å². The second kappa shape index (κ2) is 11.8. The number of hydrogen-bond donors (Lipinski definition) is 0. The van der Waals surface area contributed by atoms with E-state index in [1.54, 1.807) is 0 Å². The van der Waals surface area contributed by atoms with Crippen molar-refractivity contribution in [3.63, 3.8) is 0 Å². The molecule has 0 spiro atoms. The molecule has 0 aliphatic carbocycles. The lowest BCUT2D eigenvalue weighted by Gasteiger charge is -2.17. The van der Waals surface area contributed by atoms with Crippen LogP contribution in [0.15, 0.2) is 146 Å². The van der Waals surface area contributed by atoms with Crippen molar-refractivity contribution in [2.24, 2.45) is 0 Å². The Balaban J connectivity index is 1.48. The fraction of sp³-hybridized carbons (Fsp3) is 0.0455. The molecule has 0 radical (unpaired) electrons. The number of halogens is 6. The predicted molar refractivity (Wildman–Crippen MR) is 190 cm³/mol. The van der Waals surface area contributed by atoms with E-state index < -0.39 is 23.5 Å². The maximum Gasteiger partial charge on any atom is 0.416 e. The molecule has 0 aliphatic heterocycles. The molecule has 0 bridgehead atoms. The molecular formula is C44H24F6. The zero-order chi connectivity index (χ0) is 34.6. The van der Waals surface area contributed by atoms with Crippen LogP contribution in [0.25, 0.3) is 65.3 Å². The Morgan fingerprint density at radius 3 is 1.00 bits per heavy atom. The summed E-state index contributed by atoms with van der Waals surface area (Å²) in [6.45, 7) is 0. The van der Waals surface area contributed by atoms with Gasteiger partial charge in [-0.2, -0.15) is 26.3 Å². The summed E-state index contributed by atoms with van der Waals surface area (Å²) >= 11 is 0. The molecule has 8 rings (SSSR count). The summed E-state index contributed by atoms with van der Waals surface area (Å²) in [4.78, 5) is 0. The number of fused-ring (bicyclic) bond motifs is 4. The Kier molecular flexibility index (Phi) is 7.38. The van der Waals surface area contributed by atoms with E-state index >= 15 is 0 Å². The zero-order valence-corrected chi connectivity index (χ0v) is 26.1. The van der Waals surface area contributed by atoms with Gasteiger partial charge in [0.15, 0.2) is 0 Å². The van der Waals surface area contributed by atoms with E-state index in [4.69, 9.17) is 0 Å². The van der Waals surface area contributed by atoms with Gasteiger partial charge in [0, 0.05) is 11.1 Å². The van der Waals surface area contributed by atoms with E-state index in [9.17, 15) is 26.3 Å². The first-order chi connectivity index (χ1) is 24.1. The molecule has 8 aromatic carbocycles. The average molecular weight is 667 g/mol. The van der Waals surface area contributed by atoms with Crippen molar-refractivity contribution >= 4 is 43.1 Å². The molecule has 0 aliphatic rings.